The Morgan fingerprint density at radius 2 is 1.61 bits per heavy atom. The van der Waals surface area contributed by atoms with Crippen LogP contribution in [0, 0.1) is 0 Å². The number of carboxylic acid groups (broad SMARTS) is 1. The summed E-state index contributed by atoms with van der Waals surface area (Å²) in [6.07, 6.45) is -0.133. The standard InChI is InChI=1S/C24H23NO6/c1-28-21-11-17(13-24(26)27)12-22(15-21)30-16-23(25-29-2)18-7-6-10-20(14-18)31-19-8-4-3-5-9-19/h3-12,14-15H,13,16H2,1-2H3,(H,26,27)/b25-23+. The van der Waals surface area contributed by atoms with E-state index in [1.807, 2.05) is 54.6 Å². The van der Waals surface area contributed by atoms with Crippen LogP contribution in [0.2, 0.25) is 0 Å². The average molecular weight is 421 g/mol. The van der Waals surface area contributed by atoms with Crippen LogP contribution in [0.3, 0.4) is 0 Å². The Balaban J connectivity index is 1.77. The summed E-state index contributed by atoms with van der Waals surface area (Å²) in [7, 11) is 2.97. The molecular formula is C24H23NO6. The molecule has 0 aliphatic rings. The second-order valence-electron chi connectivity index (χ2n) is 6.54. The number of hydrogen-bond acceptors (Lipinski definition) is 6. The van der Waals surface area contributed by atoms with Gasteiger partial charge < -0.3 is 24.2 Å². The Morgan fingerprint density at radius 1 is 0.871 bits per heavy atom. The molecule has 0 bridgehead atoms. The molecule has 31 heavy (non-hydrogen) atoms. The van der Waals surface area contributed by atoms with Gasteiger partial charge in [-0.2, -0.15) is 0 Å². The van der Waals surface area contributed by atoms with Crippen molar-refractivity contribution in [1.29, 1.82) is 0 Å². The van der Waals surface area contributed by atoms with Gasteiger partial charge in [-0.25, -0.2) is 0 Å². The van der Waals surface area contributed by atoms with E-state index in [2.05, 4.69) is 5.16 Å². The Morgan fingerprint density at radius 3 is 2.32 bits per heavy atom. The van der Waals surface area contributed by atoms with Crippen molar-refractivity contribution in [2.24, 2.45) is 5.16 Å². The zero-order valence-electron chi connectivity index (χ0n) is 17.3. The summed E-state index contributed by atoms with van der Waals surface area (Å²) in [6, 6.07) is 21.9. The van der Waals surface area contributed by atoms with E-state index in [-0.39, 0.29) is 13.0 Å². The van der Waals surface area contributed by atoms with Gasteiger partial charge in [-0.1, -0.05) is 35.5 Å². The van der Waals surface area contributed by atoms with Crippen molar-refractivity contribution in [2.75, 3.05) is 20.8 Å². The Labute approximate surface area is 180 Å². The highest BCUT2D eigenvalue weighted by atomic mass is 16.6. The van der Waals surface area contributed by atoms with Gasteiger partial charge in [0.15, 0.2) is 0 Å². The number of carbonyl (C=O) groups is 1. The summed E-state index contributed by atoms with van der Waals surface area (Å²) in [5, 5.41) is 13.1. The molecule has 160 valence electrons. The minimum Gasteiger partial charge on any atom is -0.497 e. The highest BCUT2D eigenvalue weighted by Crippen LogP contribution is 2.25. The van der Waals surface area contributed by atoms with Gasteiger partial charge in [0.25, 0.3) is 0 Å². The highest BCUT2D eigenvalue weighted by molar-refractivity contribution is 6.01. The van der Waals surface area contributed by atoms with E-state index in [4.69, 9.17) is 24.2 Å². The van der Waals surface area contributed by atoms with E-state index in [0.717, 1.165) is 11.3 Å². The minimum absolute atomic E-state index is 0.0995. The maximum Gasteiger partial charge on any atom is 0.307 e. The number of methoxy groups -OCH3 is 1. The topological polar surface area (TPSA) is 86.6 Å². The Bertz CT molecular complexity index is 1050. The number of hydrogen-bond donors (Lipinski definition) is 1. The number of ether oxygens (including phenoxy) is 3. The molecule has 0 saturated heterocycles. The van der Waals surface area contributed by atoms with E-state index in [1.165, 1.54) is 14.2 Å². The van der Waals surface area contributed by atoms with Gasteiger partial charge in [0.05, 0.1) is 13.5 Å². The van der Waals surface area contributed by atoms with Crippen molar-refractivity contribution in [2.45, 2.75) is 6.42 Å². The largest absolute Gasteiger partial charge is 0.497 e. The minimum atomic E-state index is -0.934. The fraction of sp³-hybridized carbons (Fsp3) is 0.167. The first-order valence-electron chi connectivity index (χ1n) is 9.53. The molecule has 0 heterocycles. The first-order chi connectivity index (χ1) is 15.1. The normalized spacial score (nSPS) is 11.0. The van der Waals surface area contributed by atoms with Crippen molar-refractivity contribution in [3.63, 3.8) is 0 Å². The summed E-state index contributed by atoms with van der Waals surface area (Å²) in [6.45, 7) is 0.0995. The lowest BCUT2D eigenvalue weighted by molar-refractivity contribution is -0.136. The van der Waals surface area contributed by atoms with Crippen molar-refractivity contribution in [3.05, 3.63) is 83.9 Å². The number of carboxylic acids is 1. The lowest BCUT2D eigenvalue weighted by Gasteiger charge is -2.12. The summed E-state index contributed by atoms with van der Waals surface area (Å²) < 4.78 is 17.0. The molecule has 0 fully saturated rings. The summed E-state index contributed by atoms with van der Waals surface area (Å²) in [4.78, 5) is 16.0. The van der Waals surface area contributed by atoms with Crippen molar-refractivity contribution >= 4 is 11.7 Å². The molecule has 0 spiro atoms. The predicted molar refractivity (Wildman–Crippen MR) is 116 cm³/mol. The van der Waals surface area contributed by atoms with E-state index in [0.29, 0.717) is 28.5 Å². The Hall–Kier alpha value is -4.00. The van der Waals surface area contributed by atoms with Gasteiger partial charge in [0.2, 0.25) is 0 Å². The molecule has 0 aromatic heterocycles. The molecule has 0 aliphatic heterocycles. The molecule has 3 aromatic rings. The molecule has 0 aliphatic carbocycles. The average Bonchev–Trinajstić information content (AvgIpc) is 2.77. The third-order valence-corrected chi connectivity index (χ3v) is 4.25. The molecule has 0 amide bonds. The fourth-order valence-electron chi connectivity index (χ4n) is 2.90. The van der Waals surface area contributed by atoms with Gasteiger partial charge in [0.1, 0.15) is 42.4 Å². The Kier molecular flexibility index (Phi) is 7.48. The van der Waals surface area contributed by atoms with Gasteiger partial charge >= 0.3 is 5.97 Å². The monoisotopic (exact) mass is 421 g/mol. The van der Waals surface area contributed by atoms with Crippen LogP contribution in [0.15, 0.2) is 78.0 Å². The predicted octanol–water partition coefficient (Wildman–Crippen LogP) is 4.54. The number of para-hydroxylation sites is 1. The van der Waals surface area contributed by atoms with Gasteiger partial charge in [-0.3, -0.25) is 4.79 Å². The summed E-state index contributed by atoms with van der Waals surface area (Å²) in [5.41, 5.74) is 1.89. The van der Waals surface area contributed by atoms with Crippen LogP contribution < -0.4 is 14.2 Å². The van der Waals surface area contributed by atoms with Crippen LogP contribution in [0.1, 0.15) is 11.1 Å². The van der Waals surface area contributed by atoms with E-state index in [1.54, 1.807) is 18.2 Å². The van der Waals surface area contributed by atoms with Gasteiger partial charge in [-0.15, -0.1) is 0 Å². The van der Waals surface area contributed by atoms with Crippen LogP contribution in [-0.4, -0.2) is 37.6 Å². The van der Waals surface area contributed by atoms with Gasteiger partial charge in [0, 0.05) is 11.6 Å². The maximum absolute atomic E-state index is 11.0. The molecule has 7 heteroatoms. The quantitative estimate of drug-likeness (QED) is 0.382. The molecule has 0 unspecified atom stereocenters. The first kappa shape index (κ1) is 21.7. The smallest absolute Gasteiger partial charge is 0.307 e. The number of benzene rings is 3. The summed E-state index contributed by atoms with van der Waals surface area (Å²) in [5.74, 6) is 1.42. The fourth-order valence-corrected chi connectivity index (χ4v) is 2.90. The van der Waals surface area contributed by atoms with Crippen LogP contribution in [0.25, 0.3) is 0 Å². The SMILES string of the molecule is CO/N=C(\COc1cc(CC(=O)O)cc(OC)c1)c1cccc(Oc2ccccc2)c1. The van der Waals surface area contributed by atoms with E-state index < -0.39 is 5.97 Å². The molecule has 3 aromatic carbocycles. The molecular weight excluding hydrogens is 398 g/mol. The molecule has 3 rings (SSSR count). The number of aliphatic carboxylic acids is 1. The molecule has 1 N–H and O–H groups in total. The molecule has 7 nitrogen and oxygen atoms in total. The molecule has 0 atom stereocenters. The van der Waals surface area contributed by atoms with E-state index >= 15 is 0 Å². The van der Waals surface area contributed by atoms with Crippen LogP contribution >= 0.6 is 0 Å². The van der Waals surface area contributed by atoms with Crippen LogP contribution in [0.4, 0.5) is 0 Å². The second-order valence-corrected chi connectivity index (χ2v) is 6.54. The zero-order valence-corrected chi connectivity index (χ0v) is 17.3. The lowest BCUT2D eigenvalue weighted by Crippen LogP contribution is -2.14. The first-order valence-corrected chi connectivity index (χ1v) is 9.53. The zero-order chi connectivity index (χ0) is 22.1. The number of rotatable bonds is 10. The van der Waals surface area contributed by atoms with Gasteiger partial charge in [-0.05, 0) is 42.0 Å². The lowest BCUT2D eigenvalue weighted by atomic mass is 10.1. The molecule has 0 saturated carbocycles. The van der Waals surface area contributed by atoms with E-state index in [9.17, 15) is 4.79 Å². The molecule has 0 radical (unpaired) electrons. The third-order valence-electron chi connectivity index (χ3n) is 4.25. The number of nitrogens with zero attached hydrogens (tertiary/aromatic N) is 1. The van der Waals surface area contributed by atoms with Crippen molar-refractivity contribution in [3.8, 4) is 23.0 Å². The summed E-state index contributed by atoms with van der Waals surface area (Å²) >= 11 is 0. The van der Waals surface area contributed by atoms with Crippen LogP contribution in [-0.2, 0) is 16.1 Å². The maximum atomic E-state index is 11.0. The van der Waals surface area contributed by atoms with Crippen molar-refractivity contribution < 1.29 is 28.9 Å². The van der Waals surface area contributed by atoms with Crippen molar-refractivity contribution in [1.82, 2.24) is 0 Å². The second kappa shape index (κ2) is 10.7. The number of oxime groups is 1. The third kappa shape index (κ3) is 6.50. The highest BCUT2D eigenvalue weighted by Gasteiger charge is 2.11. The van der Waals surface area contributed by atoms with Crippen LogP contribution in [0.5, 0.6) is 23.0 Å².